The van der Waals surface area contributed by atoms with Crippen LogP contribution in [0.25, 0.3) is 0 Å². The van der Waals surface area contributed by atoms with E-state index in [1.807, 2.05) is 23.2 Å². The number of aromatic nitrogens is 1. The normalized spacial score (nSPS) is 17.7. The molecule has 0 aliphatic carbocycles. The van der Waals surface area contributed by atoms with Crippen molar-refractivity contribution in [1.29, 1.82) is 0 Å². The maximum atomic E-state index is 12.9. The van der Waals surface area contributed by atoms with E-state index in [9.17, 15) is 4.79 Å². The first-order chi connectivity index (χ1) is 13.6. The average Bonchev–Trinajstić information content (AvgIpc) is 2.76. The average molecular weight is 380 g/mol. The zero-order chi connectivity index (χ0) is 19.5. The zero-order valence-electron chi connectivity index (χ0n) is 16.7. The largest absolute Gasteiger partial charge is 0.378 e. The lowest BCUT2D eigenvalue weighted by molar-refractivity contribution is 0.0741. The van der Waals surface area contributed by atoms with Crippen molar-refractivity contribution in [3.63, 3.8) is 0 Å². The Balaban J connectivity index is 1.38. The highest BCUT2D eigenvalue weighted by atomic mass is 16.5. The number of nitrogens with zero attached hydrogens (tertiary/aromatic N) is 4. The van der Waals surface area contributed by atoms with Crippen molar-refractivity contribution in [3.8, 4) is 0 Å². The molecule has 0 unspecified atom stereocenters. The molecular formula is C22H28N4O2. The van der Waals surface area contributed by atoms with Crippen LogP contribution in [0, 0.1) is 13.8 Å². The molecule has 3 heterocycles. The van der Waals surface area contributed by atoms with Crippen molar-refractivity contribution in [3.05, 3.63) is 53.3 Å². The maximum absolute atomic E-state index is 12.9. The second-order valence-corrected chi connectivity index (χ2v) is 7.50. The van der Waals surface area contributed by atoms with Crippen LogP contribution in [0.15, 0.2) is 36.5 Å². The quantitative estimate of drug-likeness (QED) is 0.819. The molecule has 148 valence electrons. The third-order valence-electron chi connectivity index (χ3n) is 5.83. The molecule has 2 aliphatic rings. The van der Waals surface area contributed by atoms with Gasteiger partial charge in [0.1, 0.15) is 5.69 Å². The van der Waals surface area contributed by atoms with Crippen LogP contribution in [-0.2, 0) is 4.74 Å². The summed E-state index contributed by atoms with van der Waals surface area (Å²) in [6.07, 6.45) is 1.81. The van der Waals surface area contributed by atoms with Crippen molar-refractivity contribution >= 4 is 17.3 Å². The molecule has 0 radical (unpaired) electrons. The molecule has 6 heteroatoms. The Bertz CT molecular complexity index is 823. The molecule has 0 atom stereocenters. The van der Waals surface area contributed by atoms with Crippen LogP contribution in [0.2, 0.25) is 0 Å². The number of anilines is 2. The molecule has 4 rings (SSSR count). The minimum Gasteiger partial charge on any atom is -0.378 e. The second kappa shape index (κ2) is 8.19. The van der Waals surface area contributed by atoms with Gasteiger partial charge in [0.15, 0.2) is 0 Å². The van der Waals surface area contributed by atoms with Gasteiger partial charge in [0.05, 0.1) is 25.1 Å². The molecule has 1 aromatic carbocycles. The third kappa shape index (κ3) is 3.83. The Labute approximate surface area is 166 Å². The van der Waals surface area contributed by atoms with Crippen molar-refractivity contribution in [2.45, 2.75) is 13.8 Å². The number of carbonyl (C=O) groups excluding carboxylic acids is 1. The Morgan fingerprint density at radius 3 is 2.36 bits per heavy atom. The van der Waals surface area contributed by atoms with E-state index in [4.69, 9.17) is 4.74 Å². The van der Waals surface area contributed by atoms with Crippen LogP contribution in [-0.4, -0.2) is 68.3 Å². The van der Waals surface area contributed by atoms with Crippen molar-refractivity contribution in [2.75, 3.05) is 62.3 Å². The van der Waals surface area contributed by atoms with E-state index in [1.54, 1.807) is 0 Å². The van der Waals surface area contributed by atoms with E-state index in [-0.39, 0.29) is 5.91 Å². The number of amides is 1. The molecule has 2 fully saturated rings. The lowest BCUT2D eigenvalue weighted by Crippen LogP contribution is -2.49. The molecule has 2 saturated heterocycles. The monoisotopic (exact) mass is 380 g/mol. The molecule has 0 spiro atoms. The Morgan fingerprint density at radius 1 is 0.929 bits per heavy atom. The first kappa shape index (κ1) is 18.7. The second-order valence-electron chi connectivity index (χ2n) is 7.50. The fourth-order valence-corrected chi connectivity index (χ4v) is 3.91. The zero-order valence-corrected chi connectivity index (χ0v) is 16.7. The number of hydrogen-bond acceptors (Lipinski definition) is 5. The first-order valence-electron chi connectivity index (χ1n) is 10.0. The first-order valence-corrected chi connectivity index (χ1v) is 10.0. The van der Waals surface area contributed by atoms with Crippen LogP contribution in [0.4, 0.5) is 11.4 Å². The van der Waals surface area contributed by atoms with E-state index < -0.39 is 0 Å². The summed E-state index contributed by atoms with van der Waals surface area (Å²) in [6, 6.07) is 10.3. The van der Waals surface area contributed by atoms with Gasteiger partial charge < -0.3 is 19.4 Å². The number of aryl methyl sites for hydroxylation is 1. The van der Waals surface area contributed by atoms with Crippen LogP contribution in [0.1, 0.15) is 21.6 Å². The van der Waals surface area contributed by atoms with E-state index in [0.29, 0.717) is 5.69 Å². The number of hydrogen-bond donors (Lipinski definition) is 0. The summed E-state index contributed by atoms with van der Waals surface area (Å²) in [5.74, 6) is 0.0224. The Kier molecular flexibility index (Phi) is 5.48. The van der Waals surface area contributed by atoms with E-state index >= 15 is 0 Å². The number of benzene rings is 1. The van der Waals surface area contributed by atoms with E-state index in [0.717, 1.165) is 58.2 Å². The fraction of sp³-hybridized carbons (Fsp3) is 0.455. The fourth-order valence-electron chi connectivity index (χ4n) is 3.91. The highest BCUT2D eigenvalue weighted by Gasteiger charge is 2.24. The molecule has 1 aromatic heterocycles. The number of pyridine rings is 1. The number of rotatable bonds is 3. The smallest absolute Gasteiger partial charge is 0.272 e. The van der Waals surface area contributed by atoms with Gasteiger partial charge in [-0.25, -0.2) is 4.98 Å². The number of ether oxygens (including phenoxy) is 1. The molecule has 28 heavy (non-hydrogen) atoms. The minimum absolute atomic E-state index is 0.0224. The summed E-state index contributed by atoms with van der Waals surface area (Å²) in [7, 11) is 0. The topological polar surface area (TPSA) is 48.9 Å². The Hall–Kier alpha value is -2.60. The molecule has 6 nitrogen and oxygen atoms in total. The van der Waals surface area contributed by atoms with Crippen LogP contribution in [0.3, 0.4) is 0 Å². The molecule has 0 saturated carbocycles. The lowest BCUT2D eigenvalue weighted by atomic mass is 10.1. The summed E-state index contributed by atoms with van der Waals surface area (Å²) in [5.41, 5.74) is 5.49. The van der Waals surface area contributed by atoms with Crippen LogP contribution < -0.4 is 9.80 Å². The molecule has 1 amide bonds. The molecule has 0 bridgehead atoms. The summed E-state index contributed by atoms with van der Waals surface area (Å²) in [5, 5.41) is 0. The van der Waals surface area contributed by atoms with Gasteiger partial charge in [0.25, 0.3) is 5.91 Å². The molecule has 2 aromatic rings. The standard InChI is InChI=1S/C22H28N4O2/c1-17-4-3-5-21(18(17)2)25-8-10-26(11-9-25)22(27)20-7-6-19(16-23-20)24-12-14-28-15-13-24/h3-7,16H,8-15H2,1-2H3. The lowest BCUT2D eigenvalue weighted by Gasteiger charge is -2.37. The van der Waals surface area contributed by atoms with Gasteiger partial charge >= 0.3 is 0 Å². The number of morpholine rings is 1. The predicted octanol–water partition coefficient (Wildman–Crippen LogP) is 2.50. The summed E-state index contributed by atoms with van der Waals surface area (Å²) in [6.45, 7) is 10.7. The van der Waals surface area contributed by atoms with Crippen LogP contribution >= 0.6 is 0 Å². The summed E-state index contributed by atoms with van der Waals surface area (Å²) in [4.78, 5) is 23.8. The van der Waals surface area contributed by atoms with E-state index in [1.165, 1.54) is 16.8 Å². The SMILES string of the molecule is Cc1cccc(N2CCN(C(=O)c3ccc(N4CCOCC4)cn3)CC2)c1C. The predicted molar refractivity (Wildman–Crippen MR) is 111 cm³/mol. The summed E-state index contributed by atoms with van der Waals surface area (Å²) >= 11 is 0. The molecule has 0 N–H and O–H groups in total. The highest BCUT2D eigenvalue weighted by molar-refractivity contribution is 5.92. The van der Waals surface area contributed by atoms with Gasteiger partial charge in [0, 0.05) is 45.0 Å². The molecule has 2 aliphatic heterocycles. The number of carbonyl (C=O) groups is 1. The van der Waals surface area contributed by atoms with Crippen molar-refractivity contribution in [2.24, 2.45) is 0 Å². The maximum Gasteiger partial charge on any atom is 0.272 e. The number of piperazine rings is 1. The van der Waals surface area contributed by atoms with Gasteiger partial charge in [-0.2, -0.15) is 0 Å². The van der Waals surface area contributed by atoms with Gasteiger partial charge in [-0.1, -0.05) is 12.1 Å². The van der Waals surface area contributed by atoms with Crippen molar-refractivity contribution < 1.29 is 9.53 Å². The minimum atomic E-state index is 0.0224. The Morgan fingerprint density at radius 2 is 1.68 bits per heavy atom. The van der Waals surface area contributed by atoms with Gasteiger partial charge in [0.2, 0.25) is 0 Å². The van der Waals surface area contributed by atoms with Gasteiger partial charge in [-0.05, 0) is 43.2 Å². The van der Waals surface area contributed by atoms with E-state index in [2.05, 4.69) is 46.8 Å². The third-order valence-corrected chi connectivity index (χ3v) is 5.83. The van der Waals surface area contributed by atoms with Gasteiger partial charge in [-0.15, -0.1) is 0 Å². The van der Waals surface area contributed by atoms with Gasteiger partial charge in [-0.3, -0.25) is 4.79 Å². The molecular weight excluding hydrogens is 352 g/mol. The van der Waals surface area contributed by atoms with Crippen molar-refractivity contribution in [1.82, 2.24) is 9.88 Å². The highest BCUT2D eigenvalue weighted by Crippen LogP contribution is 2.24. The summed E-state index contributed by atoms with van der Waals surface area (Å²) < 4.78 is 5.39. The van der Waals surface area contributed by atoms with Crippen LogP contribution in [0.5, 0.6) is 0 Å².